The molecule has 1 aromatic carbocycles. The monoisotopic (exact) mass is 287 g/mol. The van der Waals surface area contributed by atoms with Crippen LogP contribution in [0.2, 0.25) is 5.02 Å². The third-order valence-electron chi connectivity index (χ3n) is 2.12. The zero-order valence-electron chi connectivity index (χ0n) is 9.55. The summed E-state index contributed by atoms with van der Waals surface area (Å²) in [5, 5.41) is 23.6. The maximum atomic E-state index is 11.2. The number of halogens is 1. The zero-order valence-corrected chi connectivity index (χ0v) is 10.3. The van der Waals surface area contributed by atoms with E-state index >= 15 is 0 Å². The molecular formula is C10H10ClN3O5. The molecule has 0 aliphatic carbocycles. The molecule has 3 N–H and O–H groups in total. The van der Waals surface area contributed by atoms with Crippen molar-refractivity contribution in [2.75, 3.05) is 6.54 Å². The van der Waals surface area contributed by atoms with Crippen LogP contribution in [0.4, 0.5) is 10.5 Å². The highest BCUT2D eigenvalue weighted by Gasteiger charge is 2.17. The van der Waals surface area contributed by atoms with Crippen LogP contribution in [0.1, 0.15) is 5.56 Å². The third-order valence-corrected chi connectivity index (χ3v) is 2.47. The van der Waals surface area contributed by atoms with E-state index in [-0.39, 0.29) is 22.8 Å². The molecule has 0 spiro atoms. The van der Waals surface area contributed by atoms with Gasteiger partial charge in [0.15, 0.2) is 0 Å². The number of hydrogen-bond acceptors (Lipinski definition) is 4. The number of nitro benzene ring substituents is 1. The summed E-state index contributed by atoms with van der Waals surface area (Å²) in [5.74, 6) is -1.20. The molecule has 0 radical (unpaired) electrons. The summed E-state index contributed by atoms with van der Waals surface area (Å²) in [4.78, 5) is 31.6. The lowest BCUT2D eigenvalue weighted by molar-refractivity contribution is -0.385. The van der Waals surface area contributed by atoms with Crippen LogP contribution < -0.4 is 10.6 Å². The second-order valence-electron chi connectivity index (χ2n) is 3.42. The predicted molar refractivity (Wildman–Crippen MR) is 66.0 cm³/mol. The van der Waals surface area contributed by atoms with Crippen LogP contribution in [-0.2, 0) is 11.3 Å². The van der Waals surface area contributed by atoms with Gasteiger partial charge >= 0.3 is 12.0 Å². The molecular weight excluding hydrogens is 278 g/mol. The Hall–Kier alpha value is -2.35. The van der Waals surface area contributed by atoms with Gasteiger partial charge in [0.2, 0.25) is 0 Å². The molecule has 0 aromatic heterocycles. The van der Waals surface area contributed by atoms with E-state index in [0.29, 0.717) is 0 Å². The molecule has 0 unspecified atom stereocenters. The predicted octanol–water partition coefficient (Wildman–Crippen LogP) is 1.13. The van der Waals surface area contributed by atoms with Crippen molar-refractivity contribution >= 4 is 29.3 Å². The van der Waals surface area contributed by atoms with Crippen LogP contribution in [0.3, 0.4) is 0 Å². The van der Waals surface area contributed by atoms with Gasteiger partial charge in [0, 0.05) is 6.07 Å². The molecule has 9 heteroatoms. The first-order chi connectivity index (χ1) is 8.91. The van der Waals surface area contributed by atoms with Crippen LogP contribution in [-0.4, -0.2) is 28.6 Å². The summed E-state index contributed by atoms with van der Waals surface area (Å²) < 4.78 is 0. The number of nitrogens with zero attached hydrogens (tertiary/aromatic N) is 1. The smallest absolute Gasteiger partial charge is 0.323 e. The first-order valence-corrected chi connectivity index (χ1v) is 5.45. The van der Waals surface area contributed by atoms with Crippen LogP contribution >= 0.6 is 11.6 Å². The topological polar surface area (TPSA) is 122 Å². The molecule has 0 saturated carbocycles. The fourth-order valence-electron chi connectivity index (χ4n) is 1.28. The molecule has 0 saturated heterocycles. The molecule has 0 aliphatic heterocycles. The maximum Gasteiger partial charge on any atom is 0.323 e. The number of carbonyl (C=O) groups excluding carboxylic acids is 1. The van der Waals surface area contributed by atoms with Crippen LogP contribution in [0.5, 0.6) is 0 Å². The minimum Gasteiger partial charge on any atom is -0.480 e. The number of urea groups is 1. The Labute approximate surface area is 112 Å². The summed E-state index contributed by atoms with van der Waals surface area (Å²) in [6.45, 7) is -0.724. The normalized spacial score (nSPS) is 9.74. The van der Waals surface area contributed by atoms with E-state index in [1.165, 1.54) is 18.2 Å². The highest BCUT2D eigenvalue weighted by molar-refractivity contribution is 6.31. The van der Waals surface area contributed by atoms with Gasteiger partial charge in [-0.05, 0) is 6.07 Å². The Kier molecular flexibility index (Phi) is 5.07. The minimum absolute atomic E-state index is 0.146. The second kappa shape index (κ2) is 6.55. The molecule has 19 heavy (non-hydrogen) atoms. The Morgan fingerprint density at radius 3 is 2.63 bits per heavy atom. The van der Waals surface area contributed by atoms with E-state index in [0.717, 1.165) is 0 Å². The van der Waals surface area contributed by atoms with Gasteiger partial charge < -0.3 is 15.7 Å². The van der Waals surface area contributed by atoms with Gasteiger partial charge in [0.25, 0.3) is 5.69 Å². The van der Waals surface area contributed by atoms with Crippen molar-refractivity contribution in [3.8, 4) is 0 Å². The molecule has 0 bridgehead atoms. The number of carbonyl (C=O) groups is 2. The highest BCUT2D eigenvalue weighted by atomic mass is 35.5. The number of nitro groups is 1. The second-order valence-corrected chi connectivity index (χ2v) is 3.83. The van der Waals surface area contributed by atoms with E-state index in [4.69, 9.17) is 16.7 Å². The van der Waals surface area contributed by atoms with Crippen molar-refractivity contribution in [2.45, 2.75) is 6.54 Å². The summed E-state index contributed by atoms with van der Waals surface area (Å²) in [5.41, 5.74) is -0.0642. The molecule has 0 aliphatic rings. The first kappa shape index (κ1) is 14.7. The standard InChI is InChI=1S/C10H10ClN3O5/c11-7-2-1-3-8(14(18)19)6(7)4-12-10(17)13-5-9(15)16/h1-3H,4-5H2,(H,15,16)(H2,12,13,17). The summed E-state index contributed by atoms with van der Waals surface area (Å²) >= 11 is 5.81. The van der Waals surface area contributed by atoms with Gasteiger partial charge in [-0.3, -0.25) is 14.9 Å². The Balaban J connectivity index is 2.70. The third kappa shape index (κ3) is 4.43. The molecule has 2 amide bonds. The number of amides is 2. The number of hydrogen-bond donors (Lipinski definition) is 3. The number of benzene rings is 1. The quantitative estimate of drug-likeness (QED) is 0.553. The minimum atomic E-state index is -1.20. The molecule has 102 valence electrons. The first-order valence-electron chi connectivity index (χ1n) is 5.07. The van der Waals surface area contributed by atoms with Gasteiger partial charge in [-0.1, -0.05) is 17.7 Å². The van der Waals surface area contributed by atoms with E-state index in [1.807, 2.05) is 0 Å². The van der Waals surface area contributed by atoms with Crippen molar-refractivity contribution in [3.63, 3.8) is 0 Å². The largest absolute Gasteiger partial charge is 0.480 e. The number of aliphatic carboxylic acids is 1. The van der Waals surface area contributed by atoms with Gasteiger partial charge in [0.05, 0.1) is 22.1 Å². The lowest BCUT2D eigenvalue weighted by Gasteiger charge is -2.08. The molecule has 0 fully saturated rings. The zero-order chi connectivity index (χ0) is 14.4. The Morgan fingerprint density at radius 1 is 1.37 bits per heavy atom. The molecule has 0 heterocycles. The van der Waals surface area contributed by atoms with Crippen molar-refractivity contribution < 1.29 is 19.6 Å². The fourth-order valence-corrected chi connectivity index (χ4v) is 1.52. The maximum absolute atomic E-state index is 11.2. The van der Waals surface area contributed by atoms with Crippen molar-refractivity contribution in [1.82, 2.24) is 10.6 Å². The Bertz CT molecular complexity index is 520. The number of nitrogens with one attached hydrogen (secondary N) is 2. The average molecular weight is 288 g/mol. The van der Waals surface area contributed by atoms with Gasteiger partial charge in [-0.15, -0.1) is 0 Å². The highest BCUT2D eigenvalue weighted by Crippen LogP contribution is 2.25. The van der Waals surface area contributed by atoms with Gasteiger partial charge in [0.1, 0.15) is 6.54 Å². The van der Waals surface area contributed by atoms with E-state index in [9.17, 15) is 19.7 Å². The van der Waals surface area contributed by atoms with Gasteiger partial charge in [-0.25, -0.2) is 4.79 Å². The molecule has 8 nitrogen and oxygen atoms in total. The van der Waals surface area contributed by atoms with Crippen molar-refractivity contribution in [3.05, 3.63) is 38.9 Å². The number of rotatable bonds is 5. The summed E-state index contributed by atoms with van der Waals surface area (Å²) in [7, 11) is 0. The van der Waals surface area contributed by atoms with E-state index < -0.39 is 23.5 Å². The number of carboxylic acids is 1. The van der Waals surface area contributed by atoms with Crippen molar-refractivity contribution in [2.24, 2.45) is 0 Å². The van der Waals surface area contributed by atoms with Crippen LogP contribution in [0.25, 0.3) is 0 Å². The summed E-state index contributed by atoms with van der Waals surface area (Å²) in [6.07, 6.45) is 0. The van der Waals surface area contributed by atoms with Crippen LogP contribution in [0, 0.1) is 10.1 Å². The molecule has 0 atom stereocenters. The lowest BCUT2D eigenvalue weighted by atomic mass is 10.2. The average Bonchev–Trinajstić information content (AvgIpc) is 2.34. The molecule has 1 rings (SSSR count). The van der Waals surface area contributed by atoms with E-state index in [1.54, 1.807) is 0 Å². The van der Waals surface area contributed by atoms with Crippen molar-refractivity contribution in [1.29, 1.82) is 0 Å². The van der Waals surface area contributed by atoms with Gasteiger partial charge in [-0.2, -0.15) is 0 Å². The fraction of sp³-hybridized carbons (Fsp3) is 0.200. The van der Waals surface area contributed by atoms with Crippen LogP contribution in [0.15, 0.2) is 18.2 Å². The Morgan fingerprint density at radius 2 is 2.05 bits per heavy atom. The number of carboxylic acid groups (broad SMARTS) is 1. The lowest BCUT2D eigenvalue weighted by Crippen LogP contribution is -2.38. The molecule has 1 aromatic rings. The SMILES string of the molecule is O=C(O)CNC(=O)NCc1c(Cl)cccc1[N+](=O)[O-]. The van der Waals surface area contributed by atoms with E-state index in [2.05, 4.69) is 10.6 Å². The summed E-state index contributed by atoms with van der Waals surface area (Å²) in [6, 6.07) is 3.39.